The molecule has 0 radical (unpaired) electrons. The minimum absolute atomic E-state index is 0.338. The summed E-state index contributed by atoms with van der Waals surface area (Å²) in [5.41, 5.74) is -0.338. The lowest BCUT2D eigenvalue weighted by Gasteiger charge is -2.43. The number of hydrogen-bond acceptors (Lipinski definition) is 2. The zero-order valence-corrected chi connectivity index (χ0v) is 12.2. The highest BCUT2D eigenvalue weighted by molar-refractivity contribution is 4.91. The van der Waals surface area contributed by atoms with E-state index in [4.69, 9.17) is 0 Å². The predicted molar refractivity (Wildman–Crippen MR) is 76.8 cm³/mol. The smallest absolute Gasteiger partial charge is 0.0662 e. The summed E-state index contributed by atoms with van der Waals surface area (Å²) in [5.74, 6) is 0. The number of likely N-dealkylation sites (tertiary alicyclic amines) is 1. The maximum absolute atomic E-state index is 10.8. The molecule has 0 spiro atoms. The van der Waals surface area contributed by atoms with Gasteiger partial charge in [0, 0.05) is 6.04 Å². The van der Waals surface area contributed by atoms with Crippen molar-refractivity contribution >= 4 is 0 Å². The van der Waals surface area contributed by atoms with E-state index in [1.54, 1.807) is 0 Å². The van der Waals surface area contributed by atoms with Gasteiger partial charge in [-0.1, -0.05) is 32.6 Å². The summed E-state index contributed by atoms with van der Waals surface area (Å²) in [6.45, 7) is 4.78. The van der Waals surface area contributed by atoms with Crippen LogP contribution in [-0.2, 0) is 0 Å². The standard InChI is InChI=1S/C16H31NO/c1-2-3-5-10-16(18)11-8-9-15(14-16)17-12-6-4-7-13-17/h15,18H,2-14H2,1H3/t15-,16-/m1/s1. The van der Waals surface area contributed by atoms with Gasteiger partial charge in [-0.15, -0.1) is 0 Å². The van der Waals surface area contributed by atoms with E-state index in [0.29, 0.717) is 6.04 Å². The molecule has 2 heteroatoms. The van der Waals surface area contributed by atoms with Crippen molar-refractivity contribution in [1.29, 1.82) is 0 Å². The first-order valence-corrected chi connectivity index (χ1v) is 8.20. The van der Waals surface area contributed by atoms with Gasteiger partial charge in [-0.2, -0.15) is 0 Å². The van der Waals surface area contributed by atoms with Crippen LogP contribution in [0.5, 0.6) is 0 Å². The fourth-order valence-corrected chi connectivity index (χ4v) is 3.84. The summed E-state index contributed by atoms with van der Waals surface area (Å²) in [4.78, 5) is 2.66. The molecular formula is C16H31NO. The van der Waals surface area contributed by atoms with Gasteiger partial charge in [0.1, 0.15) is 0 Å². The maximum Gasteiger partial charge on any atom is 0.0662 e. The molecule has 0 aromatic heterocycles. The van der Waals surface area contributed by atoms with E-state index in [-0.39, 0.29) is 5.60 Å². The third kappa shape index (κ3) is 3.96. The summed E-state index contributed by atoms with van der Waals surface area (Å²) < 4.78 is 0. The normalized spacial score (nSPS) is 34.7. The molecule has 2 fully saturated rings. The average molecular weight is 253 g/mol. The highest BCUT2D eigenvalue weighted by Crippen LogP contribution is 2.35. The van der Waals surface area contributed by atoms with Gasteiger partial charge in [-0.25, -0.2) is 0 Å². The number of piperidine rings is 1. The van der Waals surface area contributed by atoms with Crippen LogP contribution < -0.4 is 0 Å². The molecule has 0 aromatic carbocycles. The topological polar surface area (TPSA) is 23.5 Å². The molecule has 18 heavy (non-hydrogen) atoms. The predicted octanol–water partition coefficient (Wildman–Crippen LogP) is 3.73. The first-order valence-electron chi connectivity index (χ1n) is 8.20. The number of unbranched alkanes of at least 4 members (excludes halogenated alkanes) is 2. The van der Waals surface area contributed by atoms with Gasteiger partial charge in [-0.3, -0.25) is 0 Å². The molecular weight excluding hydrogens is 222 g/mol. The van der Waals surface area contributed by atoms with E-state index in [0.717, 1.165) is 19.3 Å². The van der Waals surface area contributed by atoms with Gasteiger partial charge < -0.3 is 10.0 Å². The van der Waals surface area contributed by atoms with Crippen LogP contribution in [0.2, 0.25) is 0 Å². The Bertz CT molecular complexity index is 237. The molecule has 2 aliphatic rings. The first-order chi connectivity index (χ1) is 8.73. The molecule has 0 aromatic rings. The molecule has 1 saturated heterocycles. The lowest BCUT2D eigenvalue weighted by Crippen LogP contribution is -2.47. The van der Waals surface area contributed by atoms with Gasteiger partial charge in [-0.05, 0) is 58.0 Å². The van der Waals surface area contributed by atoms with E-state index in [1.807, 2.05) is 0 Å². The molecule has 1 saturated carbocycles. The summed E-state index contributed by atoms with van der Waals surface area (Å²) in [7, 11) is 0. The Balaban J connectivity index is 1.82. The Kier molecular flexibility index (Phi) is 5.50. The van der Waals surface area contributed by atoms with Gasteiger partial charge in [0.15, 0.2) is 0 Å². The second-order valence-corrected chi connectivity index (χ2v) is 6.53. The van der Waals surface area contributed by atoms with Crippen molar-refractivity contribution in [3.63, 3.8) is 0 Å². The van der Waals surface area contributed by atoms with Gasteiger partial charge >= 0.3 is 0 Å². The highest BCUT2D eigenvalue weighted by atomic mass is 16.3. The average Bonchev–Trinajstić information content (AvgIpc) is 2.40. The Morgan fingerprint density at radius 3 is 2.61 bits per heavy atom. The van der Waals surface area contributed by atoms with Crippen molar-refractivity contribution in [2.45, 2.75) is 89.2 Å². The zero-order valence-electron chi connectivity index (χ0n) is 12.2. The monoisotopic (exact) mass is 253 g/mol. The van der Waals surface area contributed by atoms with Crippen LogP contribution in [-0.4, -0.2) is 34.7 Å². The molecule has 1 heterocycles. The largest absolute Gasteiger partial charge is 0.390 e. The van der Waals surface area contributed by atoms with E-state index < -0.39 is 0 Å². The molecule has 1 aliphatic heterocycles. The fourth-order valence-electron chi connectivity index (χ4n) is 3.84. The van der Waals surface area contributed by atoms with E-state index in [2.05, 4.69) is 11.8 Å². The van der Waals surface area contributed by atoms with E-state index in [9.17, 15) is 5.11 Å². The lowest BCUT2D eigenvalue weighted by atomic mass is 9.78. The van der Waals surface area contributed by atoms with Crippen LogP contribution in [0.1, 0.15) is 77.6 Å². The van der Waals surface area contributed by atoms with Crippen LogP contribution in [0.15, 0.2) is 0 Å². The van der Waals surface area contributed by atoms with Crippen molar-refractivity contribution < 1.29 is 5.11 Å². The first kappa shape index (κ1) is 14.3. The Hall–Kier alpha value is -0.0800. The van der Waals surface area contributed by atoms with Crippen molar-refractivity contribution in [2.75, 3.05) is 13.1 Å². The van der Waals surface area contributed by atoms with Crippen molar-refractivity contribution in [3.05, 3.63) is 0 Å². The molecule has 1 aliphatic carbocycles. The van der Waals surface area contributed by atoms with Gasteiger partial charge in [0.05, 0.1) is 5.60 Å². The lowest BCUT2D eigenvalue weighted by molar-refractivity contribution is -0.0412. The summed E-state index contributed by atoms with van der Waals surface area (Å²) >= 11 is 0. The van der Waals surface area contributed by atoms with Crippen LogP contribution in [0.25, 0.3) is 0 Å². The van der Waals surface area contributed by atoms with E-state index >= 15 is 0 Å². The molecule has 1 N–H and O–H groups in total. The molecule has 0 amide bonds. The van der Waals surface area contributed by atoms with Gasteiger partial charge in [0.25, 0.3) is 0 Å². The summed E-state index contributed by atoms with van der Waals surface area (Å²) in [6.07, 6.45) is 13.5. The number of rotatable bonds is 5. The minimum atomic E-state index is -0.338. The number of hydrogen-bond donors (Lipinski definition) is 1. The molecule has 0 bridgehead atoms. The fraction of sp³-hybridized carbons (Fsp3) is 1.00. The molecule has 2 nitrogen and oxygen atoms in total. The second kappa shape index (κ2) is 6.91. The van der Waals surface area contributed by atoms with Gasteiger partial charge in [0.2, 0.25) is 0 Å². The quantitative estimate of drug-likeness (QED) is 0.755. The van der Waals surface area contributed by atoms with Crippen LogP contribution in [0, 0.1) is 0 Å². The SMILES string of the molecule is CCCCC[C@@]1(O)CCC[C@@H](N2CCCCC2)C1. The van der Waals surface area contributed by atoms with Crippen LogP contribution >= 0.6 is 0 Å². The molecule has 2 atom stereocenters. The third-order valence-corrected chi connectivity index (χ3v) is 4.95. The Morgan fingerprint density at radius 2 is 1.89 bits per heavy atom. The van der Waals surface area contributed by atoms with E-state index in [1.165, 1.54) is 64.5 Å². The number of nitrogens with zero attached hydrogens (tertiary/aromatic N) is 1. The summed E-state index contributed by atoms with van der Waals surface area (Å²) in [6, 6.07) is 0.672. The third-order valence-electron chi connectivity index (χ3n) is 4.95. The molecule has 0 unspecified atom stereocenters. The maximum atomic E-state index is 10.8. The van der Waals surface area contributed by atoms with Crippen LogP contribution in [0.4, 0.5) is 0 Å². The minimum Gasteiger partial charge on any atom is -0.390 e. The van der Waals surface area contributed by atoms with Crippen molar-refractivity contribution in [1.82, 2.24) is 4.90 Å². The molecule has 106 valence electrons. The Labute approximate surface area is 113 Å². The molecule has 2 rings (SSSR count). The van der Waals surface area contributed by atoms with Crippen molar-refractivity contribution in [2.24, 2.45) is 0 Å². The Morgan fingerprint density at radius 1 is 1.11 bits per heavy atom. The van der Waals surface area contributed by atoms with Crippen molar-refractivity contribution in [3.8, 4) is 0 Å². The van der Waals surface area contributed by atoms with Crippen LogP contribution in [0.3, 0.4) is 0 Å². The zero-order chi connectivity index (χ0) is 12.8. The number of aliphatic hydroxyl groups is 1. The summed E-state index contributed by atoms with van der Waals surface area (Å²) in [5, 5.41) is 10.8. The second-order valence-electron chi connectivity index (χ2n) is 6.53. The highest BCUT2D eigenvalue weighted by Gasteiger charge is 2.36.